The summed E-state index contributed by atoms with van der Waals surface area (Å²) in [5, 5.41) is 6.03. The summed E-state index contributed by atoms with van der Waals surface area (Å²) in [6.07, 6.45) is 3.23. The Bertz CT molecular complexity index is 1590. The number of rotatable bonds is 8. The van der Waals surface area contributed by atoms with Gasteiger partial charge in [0, 0.05) is 23.6 Å². The molecule has 0 aliphatic rings. The predicted octanol–water partition coefficient (Wildman–Crippen LogP) is 8.18. The van der Waals surface area contributed by atoms with Crippen LogP contribution in [0.25, 0.3) is 33.3 Å². The maximum Gasteiger partial charge on any atom is 0.338 e. The maximum atomic E-state index is 12.1. The molecule has 0 saturated heterocycles. The zero-order valence-electron chi connectivity index (χ0n) is 20.8. The summed E-state index contributed by atoms with van der Waals surface area (Å²) >= 11 is 12.9. The Morgan fingerprint density at radius 3 is 2.42 bits per heavy atom. The number of esters is 1. The summed E-state index contributed by atoms with van der Waals surface area (Å²) in [5.74, 6) is 1.06. The molecule has 38 heavy (non-hydrogen) atoms. The standard InChI is InChI=1S/C30H24Cl2N2O4/c1-3-5-27-23(29(34-38-27)28-24(31)6-4-7-25(28)32)17-37-20-11-8-18(9-12-20)19-10-13-21-22(30(35)36-2)14-15-33-26(21)16-19/h4,6-16H,3,5,17H2,1-2H3. The van der Waals surface area contributed by atoms with E-state index >= 15 is 0 Å². The lowest BCUT2D eigenvalue weighted by molar-refractivity contribution is 0.0603. The maximum absolute atomic E-state index is 12.1. The zero-order chi connectivity index (χ0) is 26.6. The Morgan fingerprint density at radius 1 is 0.974 bits per heavy atom. The van der Waals surface area contributed by atoms with Crippen LogP contribution in [0.2, 0.25) is 10.0 Å². The minimum Gasteiger partial charge on any atom is -0.489 e. The van der Waals surface area contributed by atoms with Crippen LogP contribution in [0.4, 0.5) is 0 Å². The third-order valence-corrected chi connectivity index (χ3v) is 6.89. The molecule has 0 aliphatic heterocycles. The summed E-state index contributed by atoms with van der Waals surface area (Å²) < 4.78 is 16.7. The summed E-state index contributed by atoms with van der Waals surface area (Å²) in [6.45, 7) is 2.33. The van der Waals surface area contributed by atoms with Crippen molar-refractivity contribution in [3.05, 3.63) is 99.9 Å². The number of methoxy groups -OCH3 is 1. The number of benzene rings is 3. The molecule has 3 aromatic carbocycles. The van der Waals surface area contributed by atoms with Crippen molar-refractivity contribution in [3.63, 3.8) is 0 Å². The van der Waals surface area contributed by atoms with Gasteiger partial charge in [0.05, 0.1) is 33.8 Å². The van der Waals surface area contributed by atoms with E-state index in [1.807, 2.05) is 42.5 Å². The average molecular weight is 547 g/mol. The third kappa shape index (κ3) is 5.10. The highest BCUT2D eigenvalue weighted by Crippen LogP contribution is 2.37. The highest BCUT2D eigenvalue weighted by atomic mass is 35.5. The molecule has 2 aromatic heterocycles. The van der Waals surface area contributed by atoms with E-state index in [4.69, 9.17) is 37.2 Å². The van der Waals surface area contributed by atoms with Gasteiger partial charge in [-0.2, -0.15) is 0 Å². The molecule has 0 aliphatic carbocycles. The monoisotopic (exact) mass is 546 g/mol. The molecular formula is C30H24Cl2N2O4. The smallest absolute Gasteiger partial charge is 0.338 e. The van der Waals surface area contributed by atoms with Crippen molar-refractivity contribution < 1.29 is 18.8 Å². The molecular weight excluding hydrogens is 523 g/mol. The van der Waals surface area contributed by atoms with E-state index in [9.17, 15) is 4.79 Å². The first-order valence-electron chi connectivity index (χ1n) is 12.1. The first kappa shape index (κ1) is 25.8. The number of ether oxygens (including phenoxy) is 2. The number of pyridine rings is 1. The Labute approximate surface area is 230 Å². The molecule has 0 unspecified atom stereocenters. The van der Waals surface area contributed by atoms with Gasteiger partial charge in [-0.3, -0.25) is 4.98 Å². The number of carbonyl (C=O) groups excluding carboxylic acids is 1. The van der Waals surface area contributed by atoms with Gasteiger partial charge in [0.1, 0.15) is 23.8 Å². The number of hydrogen-bond donors (Lipinski definition) is 0. The Balaban J connectivity index is 1.38. The van der Waals surface area contributed by atoms with Gasteiger partial charge in [-0.05, 0) is 53.9 Å². The van der Waals surface area contributed by atoms with Gasteiger partial charge in [0.15, 0.2) is 0 Å². The van der Waals surface area contributed by atoms with E-state index in [2.05, 4.69) is 17.1 Å². The number of aromatic nitrogens is 2. The second-order valence-electron chi connectivity index (χ2n) is 8.67. The van der Waals surface area contributed by atoms with Gasteiger partial charge in [-0.15, -0.1) is 0 Å². The number of halogens is 2. The summed E-state index contributed by atoms with van der Waals surface area (Å²) in [5.41, 5.74) is 5.22. The van der Waals surface area contributed by atoms with Crippen molar-refractivity contribution in [1.29, 1.82) is 0 Å². The molecule has 0 N–H and O–H groups in total. The van der Waals surface area contributed by atoms with Crippen molar-refractivity contribution >= 4 is 40.1 Å². The highest BCUT2D eigenvalue weighted by Gasteiger charge is 2.22. The van der Waals surface area contributed by atoms with Gasteiger partial charge >= 0.3 is 5.97 Å². The number of hydrogen-bond acceptors (Lipinski definition) is 6. The van der Waals surface area contributed by atoms with Crippen molar-refractivity contribution in [2.75, 3.05) is 7.11 Å². The Morgan fingerprint density at radius 2 is 1.71 bits per heavy atom. The first-order valence-corrected chi connectivity index (χ1v) is 12.9. The van der Waals surface area contributed by atoms with Crippen molar-refractivity contribution in [3.8, 4) is 28.1 Å². The summed E-state index contributed by atoms with van der Waals surface area (Å²) in [7, 11) is 1.37. The third-order valence-electron chi connectivity index (χ3n) is 6.27. The molecule has 0 saturated carbocycles. The first-order chi connectivity index (χ1) is 18.5. The minimum absolute atomic E-state index is 0.255. The molecule has 6 nitrogen and oxygen atoms in total. The fraction of sp³-hybridized carbons (Fsp3) is 0.167. The average Bonchev–Trinajstić information content (AvgIpc) is 3.33. The lowest BCUT2D eigenvalue weighted by Gasteiger charge is -2.11. The molecule has 2 heterocycles. The topological polar surface area (TPSA) is 74.5 Å². The number of aryl methyl sites for hydroxylation is 1. The van der Waals surface area contributed by atoms with Crippen LogP contribution in [0.15, 0.2) is 77.4 Å². The molecule has 0 fully saturated rings. The van der Waals surface area contributed by atoms with E-state index in [1.165, 1.54) is 7.11 Å². The van der Waals surface area contributed by atoms with Crippen LogP contribution in [0.1, 0.15) is 35.0 Å². The molecule has 0 amide bonds. The quantitative estimate of drug-likeness (QED) is 0.182. The summed E-state index contributed by atoms with van der Waals surface area (Å²) in [4.78, 5) is 16.5. The van der Waals surface area contributed by atoms with Crippen LogP contribution in [0.5, 0.6) is 5.75 Å². The second kappa shape index (κ2) is 11.3. The lowest BCUT2D eigenvalue weighted by atomic mass is 10.0. The molecule has 0 radical (unpaired) electrons. The minimum atomic E-state index is -0.387. The molecule has 192 valence electrons. The fourth-order valence-corrected chi connectivity index (χ4v) is 4.93. The number of nitrogens with zero attached hydrogens (tertiary/aromatic N) is 2. The molecule has 8 heteroatoms. The largest absolute Gasteiger partial charge is 0.489 e. The molecule has 0 spiro atoms. The number of carbonyl (C=O) groups is 1. The van der Waals surface area contributed by atoms with E-state index in [0.29, 0.717) is 38.1 Å². The van der Waals surface area contributed by atoms with Gasteiger partial charge in [-0.1, -0.05) is 65.6 Å². The van der Waals surface area contributed by atoms with Crippen LogP contribution in [-0.4, -0.2) is 23.2 Å². The van der Waals surface area contributed by atoms with Crippen molar-refractivity contribution in [2.24, 2.45) is 0 Å². The van der Waals surface area contributed by atoms with Crippen LogP contribution in [-0.2, 0) is 17.8 Å². The highest BCUT2D eigenvalue weighted by molar-refractivity contribution is 6.39. The van der Waals surface area contributed by atoms with E-state index in [1.54, 1.807) is 30.5 Å². The van der Waals surface area contributed by atoms with E-state index in [-0.39, 0.29) is 12.6 Å². The van der Waals surface area contributed by atoms with E-state index in [0.717, 1.165) is 40.7 Å². The Hall–Kier alpha value is -3.87. The van der Waals surface area contributed by atoms with Gasteiger partial charge < -0.3 is 14.0 Å². The molecule has 0 bridgehead atoms. The van der Waals surface area contributed by atoms with E-state index < -0.39 is 0 Å². The molecule has 5 rings (SSSR count). The number of fused-ring (bicyclic) bond motifs is 1. The Kier molecular flexibility index (Phi) is 7.63. The second-order valence-corrected chi connectivity index (χ2v) is 9.49. The van der Waals surface area contributed by atoms with Crippen molar-refractivity contribution in [1.82, 2.24) is 10.1 Å². The van der Waals surface area contributed by atoms with Crippen LogP contribution >= 0.6 is 23.2 Å². The molecule has 0 atom stereocenters. The van der Waals surface area contributed by atoms with Gasteiger partial charge in [-0.25, -0.2) is 4.79 Å². The predicted molar refractivity (Wildman–Crippen MR) is 149 cm³/mol. The van der Waals surface area contributed by atoms with Crippen molar-refractivity contribution in [2.45, 2.75) is 26.4 Å². The van der Waals surface area contributed by atoms with Gasteiger partial charge in [0.25, 0.3) is 0 Å². The molecule has 5 aromatic rings. The van der Waals surface area contributed by atoms with Gasteiger partial charge in [0.2, 0.25) is 0 Å². The van der Waals surface area contributed by atoms with Crippen LogP contribution in [0.3, 0.4) is 0 Å². The normalized spacial score (nSPS) is 11.1. The summed E-state index contributed by atoms with van der Waals surface area (Å²) in [6, 6.07) is 20.6. The SMILES string of the molecule is CCCc1onc(-c2c(Cl)cccc2Cl)c1COc1ccc(-c2ccc3c(C(=O)OC)ccnc3c2)cc1. The lowest BCUT2D eigenvalue weighted by Crippen LogP contribution is -2.02. The van der Waals surface area contributed by atoms with Crippen LogP contribution in [0, 0.1) is 0 Å². The zero-order valence-corrected chi connectivity index (χ0v) is 22.3. The fourth-order valence-electron chi connectivity index (χ4n) is 4.35. The van der Waals surface area contributed by atoms with Crippen LogP contribution < -0.4 is 4.74 Å².